The molecular weight excluding hydrogens is 390 g/mol. The molecule has 2 rings (SSSR count). The van der Waals surface area contributed by atoms with Crippen molar-refractivity contribution in [3.8, 4) is 0 Å². The quantitative estimate of drug-likeness (QED) is 0.487. The topological polar surface area (TPSA) is 44.8 Å². The van der Waals surface area contributed by atoms with Crippen molar-refractivity contribution in [3.05, 3.63) is 71.8 Å². The fourth-order valence-corrected chi connectivity index (χ4v) is 2.98. The Kier molecular flexibility index (Phi) is 6.19. The number of phosphoric ester groups is 1. The Bertz CT molecular complexity index is 514. The summed E-state index contributed by atoms with van der Waals surface area (Å²) in [6.45, 7) is 0.353. The van der Waals surface area contributed by atoms with Crippen molar-refractivity contribution in [2.75, 3.05) is 0 Å². The molecule has 0 fully saturated rings. The summed E-state index contributed by atoms with van der Waals surface area (Å²) in [5, 5.41) is 0. The zero-order valence-corrected chi connectivity index (χ0v) is 13.7. The maximum Gasteiger partial charge on any atom is 0.484 e. The highest BCUT2D eigenvalue weighted by Gasteiger charge is 2.26. The van der Waals surface area contributed by atoms with Gasteiger partial charge in [-0.1, -0.05) is 60.7 Å². The van der Waals surface area contributed by atoms with E-state index in [1.807, 2.05) is 60.7 Å². The number of hydrogen-bond donors (Lipinski definition) is 0. The van der Waals surface area contributed by atoms with E-state index in [1.54, 1.807) is 0 Å². The highest BCUT2D eigenvalue weighted by atomic mass is 127. The standard InChI is InChI=1S/C14H14IO4P/c15-19-20(16,17-11-13-7-3-1-4-8-13)18-12-14-9-5-2-6-10-14/h1-10H,11-12H2. The van der Waals surface area contributed by atoms with Crippen LogP contribution in [0.1, 0.15) is 11.1 Å². The van der Waals surface area contributed by atoms with Gasteiger partial charge in [-0.3, -0.25) is 9.05 Å². The van der Waals surface area contributed by atoms with E-state index in [0.29, 0.717) is 0 Å². The van der Waals surface area contributed by atoms with Crippen LogP contribution in [-0.2, 0) is 29.7 Å². The summed E-state index contributed by atoms with van der Waals surface area (Å²) in [7, 11) is -3.54. The van der Waals surface area contributed by atoms with Crippen LogP contribution in [-0.4, -0.2) is 0 Å². The van der Waals surface area contributed by atoms with E-state index in [9.17, 15) is 4.57 Å². The first-order chi connectivity index (χ1) is 9.72. The summed E-state index contributed by atoms with van der Waals surface area (Å²) >= 11 is 1.54. The first kappa shape index (κ1) is 15.7. The maximum absolute atomic E-state index is 12.3. The SMILES string of the molecule is O=P(OI)(OCc1ccccc1)OCc1ccccc1. The van der Waals surface area contributed by atoms with Gasteiger partial charge in [-0.05, 0) is 11.1 Å². The van der Waals surface area contributed by atoms with E-state index in [4.69, 9.17) is 11.9 Å². The predicted molar refractivity (Wildman–Crippen MR) is 85.2 cm³/mol. The number of phosphoric acid groups is 1. The molecular formula is C14H14IO4P. The predicted octanol–water partition coefficient (Wildman–Crippen LogP) is 4.89. The van der Waals surface area contributed by atoms with E-state index in [-0.39, 0.29) is 13.2 Å². The second-order valence-electron chi connectivity index (χ2n) is 4.03. The highest BCUT2D eigenvalue weighted by Crippen LogP contribution is 2.52. The molecule has 106 valence electrons. The molecule has 4 nitrogen and oxygen atoms in total. The molecule has 0 saturated carbocycles. The van der Waals surface area contributed by atoms with Crippen molar-refractivity contribution in [1.82, 2.24) is 0 Å². The second-order valence-corrected chi connectivity index (χ2v) is 6.76. The van der Waals surface area contributed by atoms with Gasteiger partial charge >= 0.3 is 7.82 Å². The van der Waals surface area contributed by atoms with E-state index in [0.717, 1.165) is 11.1 Å². The first-order valence-corrected chi connectivity index (χ1v) is 8.33. The zero-order valence-electron chi connectivity index (χ0n) is 10.6. The average molecular weight is 404 g/mol. The zero-order chi connectivity index (χ0) is 14.3. The van der Waals surface area contributed by atoms with Gasteiger partial charge in [-0.25, -0.2) is 7.42 Å². The molecule has 0 aliphatic heterocycles. The average Bonchev–Trinajstić information content (AvgIpc) is 2.53. The van der Waals surface area contributed by atoms with E-state index in [1.165, 1.54) is 23.0 Å². The van der Waals surface area contributed by atoms with Crippen LogP contribution in [0.5, 0.6) is 0 Å². The highest BCUT2D eigenvalue weighted by molar-refractivity contribution is 14.1. The minimum atomic E-state index is -3.54. The molecule has 6 heteroatoms. The lowest BCUT2D eigenvalue weighted by Gasteiger charge is -2.14. The smallest absolute Gasteiger partial charge is 0.282 e. The molecule has 0 saturated heterocycles. The minimum absolute atomic E-state index is 0.176. The fraction of sp³-hybridized carbons (Fsp3) is 0.143. The molecule has 0 bridgehead atoms. The lowest BCUT2D eigenvalue weighted by atomic mass is 10.2. The summed E-state index contributed by atoms with van der Waals surface area (Å²) in [6.07, 6.45) is 0. The number of benzene rings is 2. The first-order valence-electron chi connectivity index (χ1n) is 5.99. The van der Waals surface area contributed by atoms with Crippen molar-refractivity contribution in [1.29, 1.82) is 0 Å². The Labute approximate surface area is 132 Å². The van der Waals surface area contributed by atoms with Crippen molar-refractivity contribution in [2.24, 2.45) is 0 Å². The van der Waals surface area contributed by atoms with Crippen LogP contribution >= 0.6 is 30.8 Å². The van der Waals surface area contributed by atoms with Gasteiger partial charge in [0.1, 0.15) is 23.0 Å². The molecule has 0 aliphatic rings. The molecule has 0 amide bonds. The van der Waals surface area contributed by atoms with Crippen molar-refractivity contribution in [2.45, 2.75) is 13.2 Å². The molecule has 0 N–H and O–H groups in total. The Morgan fingerprint density at radius 2 is 1.20 bits per heavy atom. The van der Waals surface area contributed by atoms with Gasteiger partial charge in [0.05, 0.1) is 13.2 Å². The molecule has 0 aliphatic carbocycles. The van der Waals surface area contributed by atoms with Crippen LogP contribution in [0.3, 0.4) is 0 Å². The fourth-order valence-electron chi connectivity index (χ4n) is 1.53. The van der Waals surface area contributed by atoms with Crippen LogP contribution in [0.15, 0.2) is 60.7 Å². The maximum atomic E-state index is 12.3. The largest absolute Gasteiger partial charge is 0.484 e. The monoisotopic (exact) mass is 404 g/mol. The summed E-state index contributed by atoms with van der Waals surface area (Å²) < 4.78 is 27.7. The van der Waals surface area contributed by atoms with Crippen LogP contribution < -0.4 is 0 Å². The lowest BCUT2D eigenvalue weighted by Crippen LogP contribution is -1.97. The van der Waals surface area contributed by atoms with E-state index < -0.39 is 7.82 Å². The molecule has 2 aromatic rings. The van der Waals surface area contributed by atoms with Gasteiger partial charge in [-0.2, -0.15) is 0 Å². The summed E-state index contributed by atoms with van der Waals surface area (Å²) in [5.74, 6) is 0. The third kappa shape index (κ3) is 5.00. The van der Waals surface area contributed by atoms with Crippen LogP contribution in [0, 0.1) is 0 Å². The molecule has 0 aromatic heterocycles. The van der Waals surface area contributed by atoms with E-state index >= 15 is 0 Å². The van der Waals surface area contributed by atoms with Gasteiger partial charge in [0, 0.05) is 0 Å². The normalized spacial score (nSPS) is 11.4. The third-order valence-electron chi connectivity index (χ3n) is 2.55. The van der Waals surface area contributed by atoms with Crippen molar-refractivity contribution in [3.63, 3.8) is 0 Å². The minimum Gasteiger partial charge on any atom is -0.282 e. The van der Waals surface area contributed by atoms with Gasteiger partial charge < -0.3 is 0 Å². The van der Waals surface area contributed by atoms with Crippen LogP contribution in [0.2, 0.25) is 0 Å². The molecule has 2 aromatic carbocycles. The summed E-state index contributed by atoms with van der Waals surface area (Å²) in [4.78, 5) is 0. The summed E-state index contributed by atoms with van der Waals surface area (Å²) in [5.41, 5.74) is 1.81. The Morgan fingerprint density at radius 3 is 1.55 bits per heavy atom. The molecule has 0 atom stereocenters. The van der Waals surface area contributed by atoms with E-state index in [2.05, 4.69) is 0 Å². The van der Waals surface area contributed by atoms with Gasteiger partial charge in [-0.15, -0.1) is 0 Å². The molecule has 0 spiro atoms. The van der Waals surface area contributed by atoms with Crippen LogP contribution in [0.25, 0.3) is 0 Å². The Morgan fingerprint density at radius 1 is 0.800 bits per heavy atom. The summed E-state index contributed by atoms with van der Waals surface area (Å²) in [6, 6.07) is 18.9. The van der Waals surface area contributed by atoms with Gasteiger partial charge in [0.15, 0.2) is 0 Å². The lowest BCUT2D eigenvalue weighted by molar-refractivity contribution is 0.155. The molecule has 0 heterocycles. The second kappa shape index (κ2) is 7.90. The van der Waals surface area contributed by atoms with Crippen molar-refractivity contribution >= 4 is 30.8 Å². The number of rotatable bonds is 7. The van der Waals surface area contributed by atoms with Crippen LogP contribution in [0.4, 0.5) is 0 Å². The number of hydrogen-bond acceptors (Lipinski definition) is 4. The Balaban J connectivity index is 1.90. The molecule has 0 unspecified atom stereocenters. The number of halogens is 1. The van der Waals surface area contributed by atoms with Gasteiger partial charge in [0.25, 0.3) is 0 Å². The Hall–Kier alpha value is -0.720. The van der Waals surface area contributed by atoms with Crippen molar-refractivity contribution < 1.29 is 16.5 Å². The third-order valence-corrected chi connectivity index (χ3v) is 5.06. The van der Waals surface area contributed by atoms with Gasteiger partial charge in [0.2, 0.25) is 0 Å². The molecule has 20 heavy (non-hydrogen) atoms. The molecule has 0 radical (unpaired) electrons.